The van der Waals surface area contributed by atoms with Crippen LogP contribution >= 0.6 is 0 Å². The van der Waals surface area contributed by atoms with E-state index in [4.69, 9.17) is 5.11 Å². The summed E-state index contributed by atoms with van der Waals surface area (Å²) < 4.78 is 0. The molecule has 0 aromatic heterocycles. The Bertz CT molecular complexity index is 988. The number of nitrogens with zero attached hydrogens (tertiary/aromatic N) is 1. The number of piperazine rings is 1. The van der Waals surface area contributed by atoms with Crippen LogP contribution in [0.25, 0.3) is 0 Å². The molecule has 0 spiro atoms. The van der Waals surface area contributed by atoms with Crippen LogP contribution in [0.1, 0.15) is 53.7 Å². The van der Waals surface area contributed by atoms with E-state index in [0.717, 1.165) is 31.2 Å². The van der Waals surface area contributed by atoms with Crippen LogP contribution in [-0.2, 0) is 29.0 Å². The molecular weight excluding hydrogens is 404 g/mol. The zero-order chi connectivity index (χ0) is 22.8. The van der Waals surface area contributed by atoms with Crippen LogP contribution in [0, 0.1) is 11.8 Å². The highest BCUT2D eigenvalue weighted by Gasteiger charge is 2.46. The molecule has 2 amide bonds. The van der Waals surface area contributed by atoms with Gasteiger partial charge in [-0.25, -0.2) is 4.79 Å². The Morgan fingerprint density at radius 2 is 1.62 bits per heavy atom. The van der Waals surface area contributed by atoms with Crippen molar-refractivity contribution in [1.29, 1.82) is 0 Å². The van der Waals surface area contributed by atoms with Gasteiger partial charge in [0.25, 0.3) is 0 Å². The second-order valence-corrected chi connectivity index (χ2v) is 8.91. The second-order valence-electron chi connectivity index (χ2n) is 8.91. The zero-order valence-corrected chi connectivity index (χ0v) is 18.6. The summed E-state index contributed by atoms with van der Waals surface area (Å²) in [6.07, 6.45) is 3.17. The van der Waals surface area contributed by atoms with Crippen molar-refractivity contribution >= 4 is 17.8 Å². The predicted octanol–water partition coefficient (Wildman–Crippen LogP) is 3.43. The van der Waals surface area contributed by atoms with E-state index in [2.05, 4.69) is 17.4 Å². The number of carboxylic acids is 1. The Morgan fingerprint density at radius 1 is 1.03 bits per heavy atom. The number of benzene rings is 2. The fraction of sp³-hybridized carbons (Fsp3) is 0.423. The molecule has 1 aliphatic carbocycles. The van der Waals surface area contributed by atoms with Crippen LogP contribution in [0.2, 0.25) is 0 Å². The standard InChI is InChI=1S/C26H30N2O4/c1-3-17(4-2)23-24(29)27-22(21-13-19-7-5-6-8-20(19)14-21)25(30)28(23)15-16-9-11-18(12-10-16)26(31)32/h5-12,17,21-23H,3-4,13-15H2,1-2H3,(H,27,29)(H,31,32)/t22-,23-/m1/s1. The molecule has 0 saturated carbocycles. The normalized spacial score (nSPS) is 21.0. The van der Waals surface area contributed by atoms with Crippen molar-refractivity contribution in [3.63, 3.8) is 0 Å². The van der Waals surface area contributed by atoms with Gasteiger partial charge in [-0.3, -0.25) is 9.59 Å². The molecule has 0 bridgehead atoms. The Morgan fingerprint density at radius 3 is 2.16 bits per heavy atom. The first-order valence-corrected chi connectivity index (χ1v) is 11.4. The lowest BCUT2D eigenvalue weighted by Gasteiger charge is -2.43. The van der Waals surface area contributed by atoms with Gasteiger partial charge in [-0.15, -0.1) is 0 Å². The number of hydrogen-bond acceptors (Lipinski definition) is 3. The second kappa shape index (κ2) is 9.15. The van der Waals surface area contributed by atoms with E-state index in [9.17, 15) is 14.4 Å². The lowest BCUT2D eigenvalue weighted by Crippen LogP contribution is -2.66. The summed E-state index contributed by atoms with van der Waals surface area (Å²) in [5.41, 5.74) is 3.52. The number of carbonyl (C=O) groups excluding carboxylic acids is 2. The molecule has 2 aromatic carbocycles. The maximum atomic E-state index is 13.8. The molecule has 168 valence electrons. The topological polar surface area (TPSA) is 86.7 Å². The first-order valence-electron chi connectivity index (χ1n) is 11.4. The number of nitrogens with one attached hydrogen (secondary N) is 1. The molecule has 0 radical (unpaired) electrons. The SMILES string of the molecule is CCC(CC)[C@@H]1C(=O)N[C@H](C2Cc3ccccc3C2)C(=O)N1Cc1ccc(C(=O)O)cc1. The van der Waals surface area contributed by atoms with Gasteiger partial charge in [-0.1, -0.05) is 63.1 Å². The van der Waals surface area contributed by atoms with Crippen LogP contribution in [0.15, 0.2) is 48.5 Å². The molecule has 0 unspecified atom stereocenters. The maximum absolute atomic E-state index is 13.8. The van der Waals surface area contributed by atoms with Gasteiger partial charge < -0.3 is 15.3 Å². The van der Waals surface area contributed by atoms with Crippen LogP contribution in [-0.4, -0.2) is 39.9 Å². The maximum Gasteiger partial charge on any atom is 0.335 e. The number of aromatic carboxylic acids is 1. The van der Waals surface area contributed by atoms with E-state index in [1.165, 1.54) is 11.1 Å². The molecule has 2 N–H and O–H groups in total. The summed E-state index contributed by atoms with van der Waals surface area (Å²) in [5.74, 6) is -0.994. The van der Waals surface area contributed by atoms with E-state index in [-0.39, 0.29) is 29.2 Å². The molecular formula is C26H30N2O4. The van der Waals surface area contributed by atoms with Gasteiger partial charge in [-0.2, -0.15) is 0 Å². The highest BCUT2D eigenvalue weighted by atomic mass is 16.4. The lowest BCUT2D eigenvalue weighted by atomic mass is 9.86. The van der Waals surface area contributed by atoms with Crippen molar-refractivity contribution < 1.29 is 19.5 Å². The van der Waals surface area contributed by atoms with Gasteiger partial charge in [0.1, 0.15) is 12.1 Å². The number of hydrogen-bond donors (Lipinski definition) is 2. The van der Waals surface area contributed by atoms with Crippen molar-refractivity contribution in [1.82, 2.24) is 10.2 Å². The fourth-order valence-electron chi connectivity index (χ4n) is 5.24. The fourth-order valence-corrected chi connectivity index (χ4v) is 5.24. The molecule has 1 fully saturated rings. The Balaban J connectivity index is 1.61. The van der Waals surface area contributed by atoms with Gasteiger partial charge in [-0.05, 0) is 53.5 Å². The minimum Gasteiger partial charge on any atom is -0.478 e. The smallest absolute Gasteiger partial charge is 0.335 e. The summed E-state index contributed by atoms with van der Waals surface area (Å²) >= 11 is 0. The largest absolute Gasteiger partial charge is 0.478 e. The number of carboxylic acid groups (broad SMARTS) is 1. The van der Waals surface area contributed by atoms with Gasteiger partial charge in [0.15, 0.2) is 0 Å². The van der Waals surface area contributed by atoms with Gasteiger partial charge >= 0.3 is 5.97 Å². The number of fused-ring (bicyclic) bond motifs is 1. The van der Waals surface area contributed by atoms with Crippen LogP contribution in [0.5, 0.6) is 0 Å². The Kier molecular flexibility index (Phi) is 6.31. The number of rotatable bonds is 7. The molecule has 1 heterocycles. The van der Waals surface area contributed by atoms with Crippen LogP contribution in [0.4, 0.5) is 0 Å². The zero-order valence-electron chi connectivity index (χ0n) is 18.6. The summed E-state index contributed by atoms with van der Waals surface area (Å²) in [6.45, 7) is 4.39. The Hall–Kier alpha value is -3.15. The van der Waals surface area contributed by atoms with E-state index in [0.29, 0.717) is 6.54 Å². The third kappa shape index (κ3) is 4.14. The molecule has 1 saturated heterocycles. The van der Waals surface area contributed by atoms with E-state index in [1.807, 2.05) is 26.0 Å². The third-order valence-electron chi connectivity index (χ3n) is 7.05. The van der Waals surface area contributed by atoms with E-state index >= 15 is 0 Å². The minimum absolute atomic E-state index is 0.0402. The Labute approximate surface area is 188 Å². The molecule has 6 heteroatoms. The summed E-state index contributed by atoms with van der Waals surface area (Å²) in [5, 5.41) is 12.2. The molecule has 6 nitrogen and oxygen atoms in total. The molecule has 2 atom stereocenters. The summed E-state index contributed by atoms with van der Waals surface area (Å²) in [7, 11) is 0. The van der Waals surface area contributed by atoms with E-state index in [1.54, 1.807) is 29.2 Å². The highest BCUT2D eigenvalue weighted by Crippen LogP contribution is 2.33. The van der Waals surface area contributed by atoms with Crippen molar-refractivity contribution in [3.05, 3.63) is 70.8 Å². The summed E-state index contributed by atoms with van der Waals surface area (Å²) in [6, 6.07) is 13.7. The van der Waals surface area contributed by atoms with Gasteiger partial charge in [0.05, 0.1) is 5.56 Å². The third-order valence-corrected chi connectivity index (χ3v) is 7.05. The molecule has 32 heavy (non-hydrogen) atoms. The van der Waals surface area contributed by atoms with Gasteiger partial charge in [0.2, 0.25) is 11.8 Å². The molecule has 2 aromatic rings. The van der Waals surface area contributed by atoms with Crippen molar-refractivity contribution in [2.24, 2.45) is 11.8 Å². The van der Waals surface area contributed by atoms with Gasteiger partial charge in [0, 0.05) is 6.54 Å². The number of amides is 2. The first-order chi connectivity index (χ1) is 15.4. The monoisotopic (exact) mass is 434 g/mol. The average molecular weight is 435 g/mol. The first kappa shape index (κ1) is 22.1. The molecule has 4 rings (SSSR count). The van der Waals surface area contributed by atoms with Crippen molar-refractivity contribution in [2.45, 2.75) is 58.2 Å². The van der Waals surface area contributed by atoms with Crippen molar-refractivity contribution in [2.75, 3.05) is 0 Å². The average Bonchev–Trinajstić information content (AvgIpc) is 3.23. The molecule has 2 aliphatic rings. The van der Waals surface area contributed by atoms with Crippen molar-refractivity contribution in [3.8, 4) is 0 Å². The molecule has 1 aliphatic heterocycles. The quantitative estimate of drug-likeness (QED) is 0.699. The van der Waals surface area contributed by atoms with Crippen LogP contribution < -0.4 is 5.32 Å². The minimum atomic E-state index is -0.985. The highest BCUT2D eigenvalue weighted by molar-refractivity contribution is 5.97. The number of carbonyl (C=O) groups is 3. The lowest BCUT2D eigenvalue weighted by molar-refractivity contribution is -0.154. The van der Waals surface area contributed by atoms with E-state index < -0.39 is 18.1 Å². The van der Waals surface area contributed by atoms with Crippen LogP contribution in [0.3, 0.4) is 0 Å². The predicted molar refractivity (Wildman–Crippen MR) is 121 cm³/mol. The summed E-state index contributed by atoms with van der Waals surface area (Å²) in [4.78, 5) is 40.0.